The topological polar surface area (TPSA) is 56.8 Å². The molecule has 0 saturated carbocycles. The molecule has 0 aromatic heterocycles. The fourth-order valence-corrected chi connectivity index (χ4v) is 4.71. The van der Waals surface area contributed by atoms with E-state index >= 15 is 0 Å². The molecule has 1 amide bonds. The summed E-state index contributed by atoms with van der Waals surface area (Å²) in [6, 6.07) is 15.5. The highest BCUT2D eigenvalue weighted by atomic mass is 19.2. The summed E-state index contributed by atoms with van der Waals surface area (Å²) >= 11 is 0. The van der Waals surface area contributed by atoms with Crippen LogP contribution in [0, 0.1) is 17.6 Å². The minimum Gasteiger partial charge on any atom is -0.493 e. The third-order valence-electron chi connectivity index (χ3n) is 6.58. The molecule has 4 rings (SSSR count). The van der Waals surface area contributed by atoms with Gasteiger partial charge in [0.1, 0.15) is 0 Å². The SMILES string of the molecule is COc1cc(C=C2C(C)=C(C(C)C(=O)NCc3ccccc3)c3cc(F)c(F)cc32)cc(OC)c1OC. The van der Waals surface area contributed by atoms with E-state index in [1.807, 2.05) is 43.3 Å². The predicted octanol–water partition coefficient (Wildman–Crippen LogP) is 6.27. The lowest BCUT2D eigenvalue weighted by Crippen LogP contribution is -2.29. The molecule has 1 aliphatic carbocycles. The Morgan fingerprint density at radius 2 is 1.51 bits per heavy atom. The highest BCUT2D eigenvalue weighted by Gasteiger charge is 2.32. The van der Waals surface area contributed by atoms with E-state index in [1.165, 1.54) is 33.5 Å². The second kappa shape index (κ2) is 10.9. The van der Waals surface area contributed by atoms with Gasteiger partial charge < -0.3 is 19.5 Å². The Balaban J connectivity index is 1.77. The van der Waals surface area contributed by atoms with Gasteiger partial charge in [0.25, 0.3) is 0 Å². The number of fused-ring (bicyclic) bond motifs is 1. The molecule has 0 bridgehead atoms. The maximum atomic E-state index is 14.4. The first kappa shape index (κ1) is 25.9. The summed E-state index contributed by atoms with van der Waals surface area (Å²) in [7, 11) is 4.57. The number of benzene rings is 3. The van der Waals surface area contributed by atoms with Crippen LogP contribution in [0.15, 0.2) is 60.2 Å². The summed E-state index contributed by atoms with van der Waals surface area (Å²) in [5.74, 6) is -1.34. The van der Waals surface area contributed by atoms with Gasteiger partial charge in [0.05, 0.1) is 27.2 Å². The number of ether oxygens (including phenoxy) is 3. The Bertz CT molecular complexity index is 1370. The fraction of sp³-hybridized carbons (Fsp3) is 0.233. The molecule has 3 aromatic carbocycles. The number of rotatable bonds is 8. The van der Waals surface area contributed by atoms with Gasteiger partial charge in [-0.3, -0.25) is 4.79 Å². The van der Waals surface area contributed by atoms with E-state index in [0.29, 0.717) is 51.6 Å². The molecule has 1 unspecified atom stereocenters. The summed E-state index contributed by atoms with van der Waals surface area (Å²) in [4.78, 5) is 13.1. The zero-order valence-corrected chi connectivity index (χ0v) is 21.4. The maximum Gasteiger partial charge on any atom is 0.227 e. The molecular weight excluding hydrogens is 476 g/mol. The first-order chi connectivity index (χ1) is 17.8. The maximum absolute atomic E-state index is 14.4. The molecule has 0 heterocycles. The Morgan fingerprint density at radius 3 is 2.08 bits per heavy atom. The first-order valence-electron chi connectivity index (χ1n) is 11.8. The number of nitrogens with one attached hydrogen (secondary N) is 1. The van der Waals surface area contributed by atoms with Crippen molar-refractivity contribution in [3.8, 4) is 17.2 Å². The van der Waals surface area contributed by atoms with Crippen LogP contribution in [0.4, 0.5) is 8.78 Å². The molecule has 1 N–H and O–H groups in total. The van der Waals surface area contributed by atoms with Gasteiger partial charge in [0.2, 0.25) is 11.7 Å². The molecule has 0 radical (unpaired) electrons. The van der Waals surface area contributed by atoms with Crippen molar-refractivity contribution in [2.45, 2.75) is 20.4 Å². The van der Waals surface area contributed by atoms with Crippen molar-refractivity contribution in [1.82, 2.24) is 5.32 Å². The zero-order valence-electron chi connectivity index (χ0n) is 21.4. The Labute approximate surface area is 215 Å². The van der Waals surface area contributed by atoms with E-state index in [0.717, 1.165) is 11.1 Å². The largest absolute Gasteiger partial charge is 0.493 e. The van der Waals surface area contributed by atoms with Crippen LogP contribution in [0.3, 0.4) is 0 Å². The average Bonchev–Trinajstić information content (AvgIpc) is 3.16. The highest BCUT2D eigenvalue weighted by molar-refractivity contribution is 6.09. The highest BCUT2D eigenvalue weighted by Crippen LogP contribution is 2.47. The number of hydrogen-bond donors (Lipinski definition) is 1. The van der Waals surface area contributed by atoms with Gasteiger partial charge in [0, 0.05) is 6.54 Å². The summed E-state index contributed by atoms with van der Waals surface area (Å²) < 4.78 is 45.1. The monoisotopic (exact) mass is 505 g/mol. The van der Waals surface area contributed by atoms with Crippen LogP contribution in [-0.2, 0) is 11.3 Å². The normalized spacial score (nSPS) is 14.4. The van der Waals surface area contributed by atoms with E-state index < -0.39 is 17.6 Å². The number of halogens is 2. The molecule has 7 heteroatoms. The van der Waals surface area contributed by atoms with Crippen LogP contribution in [-0.4, -0.2) is 27.2 Å². The number of hydrogen-bond acceptors (Lipinski definition) is 4. The Hall–Kier alpha value is -4.13. The van der Waals surface area contributed by atoms with E-state index in [1.54, 1.807) is 19.1 Å². The summed E-state index contributed by atoms with van der Waals surface area (Å²) in [6.07, 6.45) is 1.84. The second-order valence-electron chi connectivity index (χ2n) is 8.79. The van der Waals surface area contributed by atoms with Gasteiger partial charge in [-0.05, 0) is 83.2 Å². The van der Waals surface area contributed by atoms with Gasteiger partial charge in [-0.25, -0.2) is 8.78 Å². The molecule has 37 heavy (non-hydrogen) atoms. The van der Waals surface area contributed by atoms with Crippen molar-refractivity contribution in [3.05, 3.63) is 94.1 Å². The minimum absolute atomic E-state index is 0.206. The number of carbonyl (C=O) groups excluding carboxylic acids is 1. The minimum atomic E-state index is -0.963. The number of carbonyl (C=O) groups is 1. The first-order valence-corrected chi connectivity index (χ1v) is 11.8. The van der Waals surface area contributed by atoms with Gasteiger partial charge in [0.15, 0.2) is 23.1 Å². The molecule has 5 nitrogen and oxygen atoms in total. The lowest BCUT2D eigenvalue weighted by atomic mass is 9.92. The number of amides is 1. The van der Waals surface area contributed by atoms with E-state index in [9.17, 15) is 13.6 Å². The van der Waals surface area contributed by atoms with Crippen LogP contribution in [0.1, 0.15) is 36.1 Å². The van der Waals surface area contributed by atoms with Crippen LogP contribution < -0.4 is 19.5 Å². The smallest absolute Gasteiger partial charge is 0.227 e. The zero-order chi connectivity index (χ0) is 26.7. The van der Waals surface area contributed by atoms with Crippen molar-refractivity contribution in [3.63, 3.8) is 0 Å². The summed E-state index contributed by atoms with van der Waals surface area (Å²) in [5.41, 5.74) is 4.79. The molecule has 0 saturated heterocycles. The number of allylic oxidation sites excluding steroid dienone is 2. The summed E-state index contributed by atoms with van der Waals surface area (Å²) in [6.45, 7) is 4.00. The average molecular weight is 506 g/mol. The molecule has 192 valence electrons. The third-order valence-corrected chi connectivity index (χ3v) is 6.58. The van der Waals surface area contributed by atoms with Crippen LogP contribution >= 0.6 is 0 Å². The van der Waals surface area contributed by atoms with Gasteiger partial charge in [-0.2, -0.15) is 0 Å². The molecule has 1 atom stereocenters. The van der Waals surface area contributed by atoms with E-state index in [-0.39, 0.29) is 5.91 Å². The van der Waals surface area contributed by atoms with Crippen LogP contribution in [0.25, 0.3) is 17.2 Å². The van der Waals surface area contributed by atoms with Crippen molar-refractivity contribution < 1.29 is 27.8 Å². The van der Waals surface area contributed by atoms with E-state index in [4.69, 9.17) is 14.2 Å². The standard InChI is InChI=1S/C30H29F2NO4/c1-17-21(11-20-12-26(35-3)29(37-5)27(13-20)36-4)22-14-24(31)25(32)15-23(22)28(17)18(2)30(34)33-16-19-9-7-6-8-10-19/h6-15,18H,16H2,1-5H3,(H,33,34). The molecular formula is C30H29F2NO4. The van der Waals surface area contributed by atoms with Crippen molar-refractivity contribution in [2.75, 3.05) is 21.3 Å². The third kappa shape index (κ3) is 5.07. The quantitative estimate of drug-likeness (QED) is 0.392. The van der Waals surface area contributed by atoms with Crippen LogP contribution in [0.2, 0.25) is 0 Å². The second-order valence-corrected chi connectivity index (χ2v) is 8.79. The van der Waals surface area contributed by atoms with Crippen LogP contribution in [0.5, 0.6) is 17.2 Å². The molecule has 0 spiro atoms. The predicted molar refractivity (Wildman–Crippen MR) is 140 cm³/mol. The Kier molecular flexibility index (Phi) is 7.62. The molecule has 1 aliphatic rings. The molecule has 3 aromatic rings. The summed E-state index contributed by atoms with van der Waals surface area (Å²) in [5, 5.41) is 2.95. The number of methoxy groups -OCH3 is 3. The van der Waals surface area contributed by atoms with Gasteiger partial charge in [-0.15, -0.1) is 0 Å². The van der Waals surface area contributed by atoms with Crippen molar-refractivity contribution in [2.24, 2.45) is 5.92 Å². The molecule has 0 aliphatic heterocycles. The van der Waals surface area contributed by atoms with E-state index in [2.05, 4.69) is 5.32 Å². The lowest BCUT2D eigenvalue weighted by molar-refractivity contribution is -0.123. The fourth-order valence-electron chi connectivity index (χ4n) is 4.71. The molecule has 0 fully saturated rings. The van der Waals surface area contributed by atoms with Gasteiger partial charge in [-0.1, -0.05) is 30.3 Å². The van der Waals surface area contributed by atoms with Crippen molar-refractivity contribution in [1.29, 1.82) is 0 Å². The van der Waals surface area contributed by atoms with Gasteiger partial charge >= 0.3 is 0 Å². The Morgan fingerprint density at radius 1 is 0.919 bits per heavy atom. The lowest BCUT2D eigenvalue weighted by Gasteiger charge is -2.16. The van der Waals surface area contributed by atoms with Crippen molar-refractivity contribution >= 4 is 23.1 Å².